The van der Waals surface area contributed by atoms with Crippen molar-refractivity contribution in [1.29, 1.82) is 0 Å². The van der Waals surface area contributed by atoms with E-state index in [9.17, 15) is 6.48 Å². The van der Waals surface area contributed by atoms with Crippen molar-refractivity contribution in [1.82, 2.24) is 14.5 Å². The quantitative estimate of drug-likeness (QED) is 0.149. The summed E-state index contributed by atoms with van der Waals surface area (Å²) in [4.78, 5) is 10.6. The van der Waals surface area contributed by atoms with Crippen molar-refractivity contribution in [2.45, 2.75) is 33.6 Å². The minimum Gasteiger partial charge on any atom is -0.507 e. The van der Waals surface area contributed by atoms with Crippen LogP contribution in [0.3, 0.4) is 0 Å². The van der Waals surface area contributed by atoms with Crippen molar-refractivity contribution >= 4 is 11.0 Å². The third-order valence-electron chi connectivity index (χ3n) is 13.2. The maximum atomic E-state index is 12.0. The molecule has 332 valence electrons. The zero-order valence-electron chi connectivity index (χ0n) is 40.2. The molecular weight excluding hydrogens is 839 g/mol. The minimum absolute atomic E-state index is 0.186. The minimum atomic E-state index is -0.922. The van der Waals surface area contributed by atoms with Crippen LogP contribution in [0, 0.1) is 13.8 Å². The summed E-state index contributed by atoms with van der Waals surface area (Å²) in [6.07, 6.45) is 1.90. The standard InChI is InChI=1S/C65H51N3O/c1-42(2)56-40-58(50-24-15-8-16-25-50)62(41-57(56)49-22-13-7-14-23-49)68-61-27-17-26-55(63(61)67-65(68)59-35-43(3)34-44(4)64(59)69)53-36-52(46-20-11-6-12-21-46)37-54(38-53)60-39-51(32-33-66-60)48-30-28-47(29-31-48)45-18-9-5-10-19-45/h5-42,69H,1-4H3/i42D. The third-order valence-corrected chi connectivity index (χ3v) is 13.2. The first-order chi connectivity index (χ1) is 34.1. The van der Waals surface area contributed by atoms with E-state index in [0.29, 0.717) is 11.4 Å². The SMILES string of the molecule is [2H]C(C)(C)c1cc(-c2ccccc2)c(-n2c(-c3cc(C)cc(C)c3O)nc3c(-c4cc(-c5ccccc5)cc(-c5cc(-c6ccc(-c7ccccc7)cc6)ccn5)c4)cccc32)cc1-c1ccccc1. The average molecular weight is 891 g/mol. The van der Waals surface area contributed by atoms with Crippen molar-refractivity contribution in [3.63, 3.8) is 0 Å². The molecule has 4 heteroatoms. The van der Waals surface area contributed by atoms with E-state index in [-0.39, 0.29) is 5.75 Å². The smallest absolute Gasteiger partial charge is 0.149 e. The van der Waals surface area contributed by atoms with E-state index in [2.05, 4.69) is 181 Å². The Morgan fingerprint density at radius 1 is 0.449 bits per heavy atom. The number of phenols is 1. The molecule has 4 nitrogen and oxygen atoms in total. The fraction of sp³-hybridized carbons (Fsp3) is 0.0769. The zero-order valence-corrected chi connectivity index (χ0v) is 39.2. The van der Waals surface area contributed by atoms with Gasteiger partial charge in [-0.25, -0.2) is 4.98 Å². The molecule has 69 heavy (non-hydrogen) atoms. The number of imidazole rings is 1. The van der Waals surface area contributed by atoms with Crippen LogP contribution in [0.25, 0.3) is 106 Å². The first-order valence-corrected chi connectivity index (χ1v) is 23.5. The second-order valence-corrected chi connectivity index (χ2v) is 18.1. The Kier molecular flexibility index (Phi) is 11.0. The number of aromatic hydroxyl groups is 1. The normalized spacial score (nSPS) is 11.7. The van der Waals surface area contributed by atoms with Crippen LogP contribution in [0.5, 0.6) is 5.75 Å². The number of pyridine rings is 1. The summed E-state index contributed by atoms with van der Waals surface area (Å²) in [6.45, 7) is 7.90. The number of hydrogen-bond donors (Lipinski definition) is 1. The molecule has 0 saturated carbocycles. The lowest BCUT2D eigenvalue weighted by Gasteiger charge is -2.22. The summed E-state index contributed by atoms with van der Waals surface area (Å²) in [6, 6.07) is 76.2. The van der Waals surface area contributed by atoms with Gasteiger partial charge in [0, 0.05) is 24.3 Å². The predicted octanol–water partition coefficient (Wildman–Crippen LogP) is 17.2. The van der Waals surface area contributed by atoms with Gasteiger partial charge in [-0.1, -0.05) is 178 Å². The molecule has 11 rings (SSSR count). The number of rotatable bonds is 10. The second-order valence-electron chi connectivity index (χ2n) is 18.1. The molecule has 2 heterocycles. The Morgan fingerprint density at radius 2 is 1.00 bits per heavy atom. The molecule has 1 N–H and O–H groups in total. The van der Waals surface area contributed by atoms with Crippen LogP contribution in [0.15, 0.2) is 225 Å². The monoisotopic (exact) mass is 890 g/mol. The fourth-order valence-electron chi connectivity index (χ4n) is 9.76. The summed E-state index contributed by atoms with van der Waals surface area (Å²) in [7, 11) is 0. The van der Waals surface area contributed by atoms with Crippen molar-refractivity contribution in [2.24, 2.45) is 0 Å². The van der Waals surface area contributed by atoms with Crippen LogP contribution < -0.4 is 0 Å². The Balaban J connectivity index is 1.16. The molecule has 0 fully saturated rings. The van der Waals surface area contributed by atoms with E-state index in [1.807, 2.05) is 75.5 Å². The summed E-state index contributed by atoms with van der Waals surface area (Å²) < 4.78 is 11.7. The third kappa shape index (κ3) is 8.32. The van der Waals surface area contributed by atoms with Crippen LogP contribution in [-0.2, 0) is 0 Å². The molecule has 0 aliphatic heterocycles. The van der Waals surface area contributed by atoms with Crippen LogP contribution in [0.1, 0.15) is 37.8 Å². The molecule has 0 unspecified atom stereocenters. The summed E-state index contributed by atoms with van der Waals surface area (Å²) >= 11 is 0. The van der Waals surface area contributed by atoms with Gasteiger partial charge in [0.1, 0.15) is 11.6 Å². The highest BCUT2D eigenvalue weighted by molar-refractivity contribution is 5.99. The number of nitrogens with zero attached hydrogens (tertiary/aromatic N) is 3. The number of phenolic OH excluding ortho intramolecular Hbond substituents is 1. The van der Waals surface area contributed by atoms with Crippen LogP contribution in [0.4, 0.5) is 0 Å². The number of aromatic nitrogens is 3. The molecule has 0 bridgehead atoms. The van der Waals surface area contributed by atoms with Gasteiger partial charge in [0.05, 0.1) is 28.0 Å². The molecule has 11 aromatic rings. The number of hydrogen-bond acceptors (Lipinski definition) is 3. The molecule has 0 radical (unpaired) electrons. The lowest BCUT2D eigenvalue weighted by atomic mass is 9.88. The number of para-hydroxylation sites is 1. The molecule has 0 atom stereocenters. The van der Waals surface area contributed by atoms with E-state index < -0.39 is 5.89 Å². The Labute approximate surface area is 406 Å². The zero-order chi connectivity index (χ0) is 47.9. The van der Waals surface area contributed by atoms with Gasteiger partial charge < -0.3 is 5.11 Å². The molecule has 0 aliphatic carbocycles. The van der Waals surface area contributed by atoms with Crippen molar-refractivity contribution < 1.29 is 6.48 Å². The van der Waals surface area contributed by atoms with E-state index in [1.165, 1.54) is 11.1 Å². The largest absolute Gasteiger partial charge is 0.507 e. The molecule has 0 spiro atoms. The molecule has 2 aromatic heterocycles. The first kappa shape index (κ1) is 41.8. The van der Waals surface area contributed by atoms with Gasteiger partial charge in [0.2, 0.25) is 0 Å². The molecule has 9 aromatic carbocycles. The highest BCUT2D eigenvalue weighted by atomic mass is 16.3. The number of fused-ring (bicyclic) bond motifs is 1. The maximum Gasteiger partial charge on any atom is 0.149 e. The van der Waals surface area contributed by atoms with E-state index in [4.69, 9.17) is 9.97 Å². The predicted molar refractivity (Wildman–Crippen MR) is 288 cm³/mol. The highest BCUT2D eigenvalue weighted by Gasteiger charge is 2.25. The topological polar surface area (TPSA) is 50.9 Å². The molecule has 0 saturated heterocycles. The summed E-state index contributed by atoms with van der Waals surface area (Å²) in [5.74, 6) is -0.117. The highest BCUT2D eigenvalue weighted by Crippen LogP contribution is 2.45. The Bertz CT molecular complexity index is 3690. The van der Waals surface area contributed by atoms with Gasteiger partial charge in [-0.2, -0.15) is 0 Å². The van der Waals surface area contributed by atoms with E-state index in [0.717, 1.165) is 100 Å². The van der Waals surface area contributed by atoms with E-state index >= 15 is 0 Å². The lowest BCUT2D eigenvalue weighted by molar-refractivity contribution is 0.472. The Hall–Kier alpha value is -8.60. The Morgan fingerprint density at radius 3 is 1.64 bits per heavy atom. The molecule has 0 aliphatic rings. The van der Waals surface area contributed by atoms with Crippen molar-refractivity contribution in [3.05, 3.63) is 241 Å². The number of aryl methyl sites for hydroxylation is 2. The molecular formula is C65H51N3O. The summed E-state index contributed by atoms with van der Waals surface area (Å²) in [5.41, 5.74) is 20.3. The van der Waals surface area contributed by atoms with E-state index in [1.54, 1.807) is 0 Å². The first-order valence-electron chi connectivity index (χ1n) is 24.0. The van der Waals surface area contributed by atoms with Crippen LogP contribution >= 0.6 is 0 Å². The second kappa shape index (κ2) is 18.2. The van der Waals surface area contributed by atoms with Crippen molar-refractivity contribution in [3.8, 4) is 101 Å². The van der Waals surface area contributed by atoms with Gasteiger partial charge in [-0.05, 0) is 147 Å². The average Bonchev–Trinajstić information content (AvgIpc) is 3.79. The lowest BCUT2D eigenvalue weighted by Crippen LogP contribution is -2.04. The fourth-order valence-corrected chi connectivity index (χ4v) is 9.76. The van der Waals surface area contributed by atoms with Crippen molar-refractivity contribution in [2.75, 3.05) is 0 Å². The van der Waals surface area contributed by atoms with Gasteiger partial charge in [0.15, 0.2) is 0 Å². The summed E-state index contributed by atoms with van der Waals surface area (Å²) in [5, 5.41) is 12.0. The van der Waals surface area contributed by atoms with Crippen LogP contribution in [0.2, 0.25) is 0 Å². The van der Waals surface area contributed by atoms with Gasteiger partial charge in [-0.15, -0.1) is 0 Å². The van der Waals surface area contributed by atoms with Gasteiger partial charge in [-0.3, -0.25) is 9.55 Å². The molecule has 0 amide bonds. The maximum absolute atomic E-state index is 12.0. The van der Waals surface area contributed by atoms with Gasteiger partial charge in [0.25, 0.3) is 0 Å². The number of benzene rings is 9. The van der Waals surface area contributed by atoms with Gasteiger partial charge >= 0.3 is 0 Å². The van der Waals surface area contributed by atoms with Crippen LogP contribution in [-0.4, -0.2) is 19.6 Å².